The van der Waals surface area contributed by atoms with Gasteiger partial charge in [0.2, 0.25) is 5.95 Å². The van der Waals surface area contributed by atoms with Crippen molar-refractivity contribution < 1.29 is 13.2 Å². The van der Waals surface area contributed by atoms with E-state index in [9.17, 15) is 13.2 Å². The number of halogens is 3. The molecule has 6 heteroatoms. The predicted molar refractivity (Wildman–Crippen MR) is 66.8 cm³/mol. The molecule has 0 bridgehead atoms. The van der Waals surface area contributed by atoms with Crippen molar-refractivity contribution in [3.05, 3.63) is 41.6 Å². The highest BCUT2D eigenvalue weighted by Crippen LogP contribution is 2.30. The summed E-state index contributed by atoms with van der Waals surface area (Å²) in [4.78, 5) is 8.34. The summed E-state index contributed by atoms with van der Waals surface area (Å²) in [6, 6.07) is 6.63. The summed E-state index contributed by atoms with van der Waals surface area (Å²) in [7, 11) is 1.69. The van der Waals surface area contributed by atoms with Crippen molar-refractivity contribution in [2.75, 3.05) is 12.4 Å². The molecule has 0 aliphatic heterocycles. The van der Waals surface area contributed by atoms with E-state index in [2.05, 4.69) is 15.3 Å². The fraction of sp³-hybridized carbons (Fsp3) is 0.231. The van der Waals surface area contributed by atoms with Crippen LogP contribution in [0.1, 0.15) is 11.3 Å². The fourth-order valence-corrected chi connectivity index (χ4v) is 1.66. The van der Waals surface area contributed by atoms with E-state index in [-0.39, 0.29) is 0 Å². The second kappa shape index (κ2) is 4.87. The van der Waals surface area contributed by atoms with Crippen LogP contribution in [0.2, 0.25) is 0 Å². The average Bonchev–Trinajstić information content (AvgIpc) is 2.37. The minimum absolute atomic E-state index is 0.440. The van der Waals surface area contributed by atoms with E-state index < -0.39 is 11.7 Å². The van der Waals surface area contributed by atoms with Gasteiger partial charge in [0.15, 0.2) is 0 Å². The molecule has 0 fully saturated rings. The molecule has 0 saturated heterocycles. The minimum Gasteiger partial charge on any atom is -0.357 e. The molecule has 0 amide bonds. The van der Waals surface area contributed by atoms with Gasteiger partial charge in [-0.05, 0) is 25.1 Å². The topological polar surface area (TPSA) is 37.8 Å². The van der Waals surface area contributed by atoms with Crippen molar-refractivity contribution in [2.45, 2.75) is 13.1 Å². The van der Waals surface area contributed by atoms with Gasteiger partial charge in [-0.25, -0.2) is 9.97 Å². The number of hydrogen-bond donors (Lipinski definition) is 1. The summed E-state index contributed by atoms with van der Waals surface area (Å²) < 4.78 is 37.4. The number of nitrogens with zero attached hydrogens (tertiary/aromatic N) is 2. The van der Waals surface area contributed by atoms with Gasteiger partial charge in [0.1, 0.15) is 0 Å². The molecular weight excluding hydrogens is 255 g/mol. The molecule has 0 spiro atoms. The van der Waals surface area contributed by atoms with Gasteiger partial charge in [-0.1, -0.05) is 12.1 Å². The second-order valence-corrected chi connectivity index (χ2v) is 4.04. The van der Waals surface area contributed by atoms with Gasteiger partial charge in [0.25, 0.3) is 0 Å². The third kappa shape index (κ3) is 3.01. The van der Waals surface area contributed by atoms with Crippen LogP contribution in [-0.4, -0.2) is 17.0 Å². The van der Waals surface area contributed by atoms with Gasteiger partial charge in [-0.15, -0.1) is 0 Å². The van der Waals surface area contributed by atoms with Gasteiger partial charge < -0.3 is 5.32 Å². The van der Waals surface area contributed by atoms with E-state index in [4.69, 9.17) is 0 Å². The first-order valence-corrected chi connectivity index (χ1v) is 5.61. The molecule has 2 aromatic rings. The quantitative estimate of drug-likeness (QED) is 0.904. The number of rotatable bonds is 2. The molecule has 1 aromatic heterocycles. The number of aryl methyl sites for hydroxylation is 1. The minimum atomic E-state index is -4.32. The zero-order valence-corrected chi connectivity index (χ0v) is 10.4. The molecule has 0 aliphatic carbocycles. The standard InChI is InChI=1S/C13H12F3N3/c1-8-7-11(19-12(17-2)18-8)9-3-5-10(6-4-9)13(14,15)16/h3-7H,1-2H3,(H,17,18,19). The molecular formula is C13H12F3N3. The Morgan fingerprint density at radius 2 is 1.68 bits per heavy atom. The summed E-state index contributed by atoms with van der Waals surface area (Å²) in [5.41, 5.74) is 1.28. The summed E-state index contributed by atoms with van der Waals surface area (Å²) in [6.07, 6.45) is -4.32. The molecule has 1 aromatic carbocycles. The van der Waals surface area contributed by atoms with Crippen molar-refractivity contribution in [2.24, 2.45) is 0 Å². The molecule has 3 nitrogen and oxygen atoms in total. The van der Waals surface area contributed by atoms with Crippen molar-refractivity contribution in [1.29, 1.82) is 0 Å². The van der Waals surface area contributed by atoms with E-state index >= 15 is 0 Å². The van der Waals surface area contributed by atoms with E-state index in [1.54, 1.807) is 20.0 Å². The smallest absolute Gasteiger partial charge is 0.357 e. The first-order chi connectivity index (χ1) is 8.90. The Bertz CT molecular complexity index is 577. The number of hydrogen-bond acceptors (Lipinski definition) is 3. The van der Waals surface area contributed by atoms with Crippen LogP contribution in [0.5, 0.6) is 0 Å². The van der Waals surface area contributed by atoms with Gasteiger partial charge in [-0.3, -0.25) is 0 Å². The van der Waals surface area contributed by atoms with Crippen LogP contribution >= 0.6 is 0 Å². The Hall–Kier alpha value is -2.11. The molecule has 100 valence electrons. The Labute approximate surface area is 108 Å². The van der Waals surface area contributed by atoms with Crippen molar-refractivity contribution in [3.63, 3.8) is 0 Å². The van der Waals surface area contributed by atoms with Gasteiger partial charge in [0.05, 0.1) is 11.3 Å². The fourth-order valence-electron chi connectivity index (χ4n) is 1.66. The Morgan fingerprint density at radius 3 is 2.21 bits per heavy atom. The Balaban J connectivity index is 2.40. The highest BCUT2D eigenvalue weighted by molar-refractivity contribution is 5.61. The van der Waals surface area contributed by atoms with Crippen LogP contribution in [0.3, 0.4) is 0 Å². The zero-order chi connectivity index (χ0) is 14.0. The molecule has 1 heterocycles. The van der Waals surface area contributed by atoms with Gasteiger partial charge in [-0.2, -0.15) is 13.2 Å². The first kappa shape index (κ1) is 13.3. The molecule has 2 rings (SSSR count). The molecule has 0 atom stereocenters. The number of aromatic nitrogens is 2. The van der Waals surface area contributed by atoms with E-state index in [0.29, 0.717) is 17.2 Å². The largest absolute Gasteiger partial charge is 0.416 e. The molecule has 19 heavy (non-hydrogen) atoms. The van der Waals surface area contributed by atoms with Crippen LogP contribution in [0.15, 0.2) is 30.3 Å². The maximum absolute atomic E-state index is 12.5. The monoisotopic (exact) mass is 267 g/mol. The van der Waals surface area contributed by atoms with Crippen molar-refractivity contribution in [3.8, 4) is 11.3 Å². The number of nitrogens with one attached hydrogen (secondary N) is 1. The lowest BCUT2D eigenvalue weighted by Crippen LogP contribution is -2.04. The summed E-state index contributed by atoms with van der Waals surface area (Å²) in [6.45, 7) is 1.80. The third-order valence-electron chi connectivity index (χ3n) is 2.59. The number of anilines is 1. The highest BCUT2D eigenvalue weighted by atomic mass is 19.4. The Morgan fingerprint density at radius 1 is 1.05 bits per heavy atom. The van der Waals surface area contributed by atoms with Crippen LogP contribution < -0.4 is 5.32 Å². The zero-order valence-electron chi connectivity index (χ0n) is 10.4. The van der Waals surface area contributed by atoms with Crippen molar-refractivity contribution >= 4 is 5.95 Å². The lowest BCUT2D eigenvalue weighted by atomic mass is 10.1. The first-order valence-electron chi connectivity index (χ1n) is 5.61. The highest BCUT2D eigenvalue weighted by Gasteiger charge is 2.30. The molecule has 0 unspecified atom stereocenters. The molecule has 0 aliphatic rings. The summed E-state index contributed by atoms with van der Waals surface area (Å²) >= 11 is 0. The van der Waals surface area contributed by atoms with Crippen LogP contribution in [0, 0.1) is 6.92 Å². The van der Waals surface area contributed by atoms with E-state index in [1.165, 1.54) is 12.1 Å². The predicted octanol–water partition coefficient (Wildman–Crippen LogP) is 3.51. The van der Waals surface area contributed by atoms with E-state index in [1.807, 2.05) is 0 Å². The lowest BCUT2D eigenvalue weighted by molar-refractivity contribution is -0.137. The van der Waals surface area contributed by atoms with Gasteiger partial charge >= 0.3 is 6.18 Å². The van der Waals surface area contributed by atoms with Crippen LogP contribution in [0.4, 0.5) is 19.1 Å². The number of alkyl halides is 3. The third-order valence-corrected chi connectivity index (χ3v) is 2.59. The average molecular weight is 267 g/mol. The maximum Gasteiger partial charge on any atom is 0.416 e. The Kier molecular flexibility index (Phi) is 3.42. The van der Waals surface area contributed by atoms with Gasteiger partial charge in [0, 0.05) is 18.3 Å². The van der Waals surface area contributed by atoms with Crippen LogP contribution in [0.25, 0.3) is 11.3 Å². The summed E-state index contributed by atoms with van der Waals surface area (Å²) in [5, 5.41) is 2.81. The normalized spacial score (nSPS) is 11.4. The SMILES string of the molecule is CNc1nc(C)cc(-c2ccc(C(F)(F)F)cc2)n1. The van der Waals surface area contributed by atoms with Crippen LogP contribution in [-0.2, 0) is 6.18 Å². The molecule has 1 N–H and O–H groups in total. The van der Waals surface area contributed by atoms with E-state index in [0.717, 1.165) is 17.8 Å². The molecule has 0 saturated carbocycles. The second-order valence-electron chi connectivity index (χ2n) is 4.04. The molecule has 0 radical (unpaired) electrons. The number of benzene rings is 1. The maximum atomic E-state index is 12.5. The summed E-state index contributed by atoms with van der Waals surface area (Å²) in [5.74, 6) is 0.440. The lowest BCUT2D eigenvalue weighted by Gasteiger charge is -2.08. The van der Waals surface area contributed by atoms with Crippen molar-refractivity contribution in [1.82, 2.24) is 9.97 Å².